The molecule has 18 heteroatoms. The predicted molar refractivity (Wildman–Crippen MR) is 230 cm³/mol. The number of halogens is 1. The van der Waals surface area contributed by atoms with E-state index in [4.69, 9.17) is 10.5 Å². The van der Waals surface area contributed by atoms with Crippen LogP contribution >= 0.6 is 0 Å². The number of fused-ring (bicyclic) bond motifs is 1. The van der Waals surface area contributed by atoms with Crippen LogP contribution in [0.1, 0.15) is 73.6 Å². The number of piperazine rings is 1. The number of aromatic carboxylic acids is 1. The van der Waals surface area contributed by atoms with Crippen LogP contribution in [-0.4, -0.2) is 89.2 Å². The van der Waals surface area contributed by atoms with E-state index in [1.807, 2.05) is 38.1 Å². The Morgan fingerprint density at radius 1 is 0.952 bits per heavy atom. The first-order valence-electron chi connectivity index (χ1n) is 20.3. The summed E-state index contributed by atoms with van der Waals surface area (Å²) in [6, 6.07) is 14.5. The average Bonchev–Trinajstić information content (AvgIpc) is 3.24. The molecule has 2 atom stereocenters. The molecular formula is C44H53FN8O9. The Morgan fingerprint density at radius 2 is 1.61 bits per heavy atom. The molecular weight excluding hydrogens is 804 g/mol. The summed E-state index contributed by atoms with van der Waals surface area (Å²) in [7, 11) is 0. The lowest BCUT2D eigenvalue weighted by Crippen LogP contribution is -2.53. The minimum absolute atomic E-state index is 0.0309. The van der Waals surface area contributed by atoms with E-state index in [1.54, 1.807) is 40.7 Å². The number of carboxylic acid groups (broad SMARTS) is 1. The topological polar surface area (TPSA) is 234 Å². The van der Waals surface area contributed by atoms with Gasteiger partial charge in [-0.3, -0.25) is 19.2 Å². The molecule has 4 aromatic rings. The van der Waals surface area contributed by atoms with Gasteiger partial charge in [-0.15, -0.1) is 0 Å². The number of hydrogen-bond acceptors (Lipinski definition) is 9. The zero-order valence-corrected chi connectivity index (χ0v) is 35.4. The molecule has 1 aromatic heterocycles. The average molecular weight is 857 g/mol. The number of carbonyl (C=O) groups excluding carboxylic acids is 5. The van der Waals surface area contributed by atoms with Gasteiger partial charge in [0.05, 0.1) is 17.2 Å². The van der Waals surface area contributed by atoms with Gasteiger partial charge < -0.3 is 51.2 Å². The highest BCUT2D eigenvalue weighted by Gasteiger charge is 2.39. The third-order valence-electron chi connectivity index (χ3n) is 10.9. The second-order valence-electron chi connectivity index (χ2n) is 15.6. The molecule has 2 heterocycles. The second kappa shape index (κ2) is 20.1. The Morgan fingerprint density at radius 3 is 2.24 bits per heavy atom. The van der Waals surface area contributed by atoms with Gasteiger partial charge in [-0.1, -0.05) is 36.4 Å². The number of amides is 6. The number of nitrogens with zero attached hydrogens (tertiary/aromatic N) is 3. The number of pyridine rings is 1. The summed E-state index contributed by atoms with van der Waals surface area (Å²) in [5.41, 5.74) is 5.95. The Bertz CT molecular complexity index is 2390. The Kier molecular flexibility index (Phi) is 14.9. The van der Waals surface area contributed by atoms with Gasteiger partial charge in [0.25, 0.3) is 0 Å². The van der Waals surface area contributed by atoms with Gasteiger partial charge >= 0.3 is 18.1 Å². The summed E-state index contributed by atoms with van der Waals surface area (Å²) in [6.45, 7) is 9.91. The van der Waals surface area contributed by atoms with Gasteiger partial charge in [-0.05, 0) is 88.4 Å². The van der Waals surface area contributed by atoms with Gasteiger partial charge in [0.2, 0.25) is 23.2 Å². The van der Waals surface area contributed by atoms with E-state index in [9.17, 15) is 38.7 Å². The number of aromatic nitrogens is 1. The number of carboxylic acids is 1. The maximum atomic E-state index is 15.3. The van der Waals surface area contributed by atoms with Gasteiger partial charge in [0.1, 0.15) is 29.4 Å². The van der Waals surface area contributed by atoms with Crippen molar-refractivity contribution in [2.24, 2.45) is 11.1 Å². The number of nitrogens with two attached hydrogens (primary N) is 1. The van der Waals surface area contributed by atoms with E-state index in [0.717, 1.165) is 17.2 Å². The van der Waals surface area contributed by atoms with Crippen molar-refractivity contribution >= 4 is 58.1 Å². The maximum Gasteiger partial charge on any atom is 0.410 e. The monoisotopic (exact) mass is 856 g/mol. The van der Waals surface area contributed by atoms with E-state index in [1.165, 1.54) is 31.0 Å². The van der Waals surface area contributed by atoms with Crippen molar-refractivity contribution in [1.29, 1.82) is 0 Å². The number of hydrogen-bond donors (Lipinski definition) is 6. The van der Waals surface area contributed by atoms with Crippen molar-refractivity contribution in [2.45, 2.75) is 72.7 Å². The van der Waals surface area contributed by atoms with Crippen LogP contribution < -0.4 is 37.3 Å². The number of aryl methyl sites for hydroxylation is 2. The third kappa shape index (κ3) is 11.0. The molecule has 7 N–H and O–H groups in total. The Hall–Kier alpha value is -6.98. The third-order valence-corrected chi connectivity index (χ3v) is 10.9. The number of ether oxygens (including phenoxy) is 1. The Labute approximate surface area is 357 Å². The highest BCUT2D eigenvalue weighted by atomic mass is 19.1. The zero-order valence-electron chi connectivity index (χ0n) is 35.4. The van der Waals surface area contributed by atoms with Crippen LogP contribution in [0.4, 0.5) is 25.4 Å². The van der Waals surface area contributed by atoms with E-state index >= 15 is 4.39 Å². The van der Waals surface area contributed by atoms with Crippen molar-refractivity contribution < 1.29 is 43.0 Å². The molecule has 6 amide bonds. The lowest BCUT2D eigenvalue weighted by Gasteiger charge is -2.35. The zero-order chi connectivity index (χ0) is 45.3. The van der Waals surface area contributed by atoms with Gasteiger partial charge in [0, 0.05) is 56.5 Å². The number of anilines is 2. The summed E-state index contributed by atoms with van der Waals surface area (Å²) < 4.78 is 22.5. The van der Waals surface area contributed by atoms with Gasteiger partial charge in [-0.2, -0.15) is 0 Å². The quantitative estimate of drug-likeness (QED) is 0.0687. The van der Waals surface area contributed by atoms with Crippen molar-refractivity contribution in [1.82, 2.24) is 25.4 Å². The lowest BCUT2D eigenvalue weighted by atomic mass is 9.89. The van der Waals surface area contributed by atoms with Crippen molar-refractivity contribution in [2.75, 3.05) is 42.9 Å². The van der Waals surface area contributed by atoms with Crippen LogP contribution in [0.25, 0.3) is 10.9 Å². The van der Waals surface area contributed by atoms with Crippen LogP contribution in [0, 0.1) is 18.2 Å². The van der Waals surface area contributed by atoms with Crippen molar-refractivity contribution in [3.63, 3.8) is 0 Å². The fourth-order valence-corrected chi connectivity index (χ4v) is 7.09. The summed E-state index contributed by atoms with van der Waals surface area (Å²) in [6.07, 6.45) is 1.08. The number of carbonyl (C=O) groups is 6. The number of rotatable bonds is 16. The van der Waals surface area contributed by atoms with Crippen LogP contribution in [0.15, 0.2) is 71.7 Å². The normalized spacial score (nSPS) is 13.8. The maximum absolute atomic E-state index is 15.3. The highest BCUT2D eigenvalue weighted by molar-refractivity contribution is 6.06. The van der Waals surface area contributed by atoms with E-state index in [0.29, 0.717) is 23.3 Å². The van der Waals surface area contributed by atoms with E-state index < -0.39 is 64.1 Å². The molecule has 0 radical (unpaired) electrons. The lowest BCUT2D eigenvalue weighted by molar-refractivity contribution is -0.143. The number of urea groups is 1. The van der Waals surface area contributed by atoms with Crippen LogP contribution in [-0.2, 0) is 32.3 Å². The molecule has 2 unspecified atom stereocenters. The molecule has 62 heavy (non-hydrogen) atoms. The molecule has 3 aromatic carbocycles. The fourth-order valence-electron chi connectivity index (χ4n) is 7.09. The first-order valence-corrected chi connectivity index (χ1v) is 20.3. The molecule has 1 fully saturated rings. The minimum atomic E-state index is -1.55. The summed E-state index contributed by atoms with van der Waals surface area (Å²) in [5, 5.41) is 20.2. The minimum Gasteiger partial charge on any atom is -0.477 e. The van der Waals surface area contributed by atoms with Crippen molar-refractivity contribution in [3.8, 4) is 0 Å². The first kappa shape index (κ1) is 46.1. The molecule has 1 aliphatic rings. The molecule has 1 aliphatic heterocycles. The molecule has 17 nitrogen and oxygen atoms in total. The smallest absolute Gasteiger partial charge is 0.410 e. The molecule has 5 rings (SSSR count). The fraction of sp³-hybridized carbons (Fsp3) is 0.386. The van der Waals surface area contributed by atoms with E-state index in [2.05, 4.69) is 21.3 Å². The van der Waals surface area contributed by atoms with Crippen LogP contribution in [0.3, 0.4) is 0 Å². The Balaban J connectivity index is 1.15. The second-order valence-corrected chi connectivity index (χ2v) is 15.6. The first-order chi connectivity index (χ1) is 29.4. The largest absolute Gasteiger partial charge is 0.477 e. The van der Waals surface area contributed by atoms with Crippen molar-refractivity contribution in [3.05, 3.63) is 105 Å². The SMILES string of the molecule is CCn1cc(C(=O)O)c(=O)c2cc(F)c(N3CCN(C(=O)OCc4ccc(NC(=O)C(CCCNC(N)=O)NC(=O)C(C)(C)C(=O)NC(C)c5ccccc5C)cc4)CC3)cc21. The van der Waals surface area contributed by atoms with Gasteiger partial charge in [-0.25, -0.2) is 18.8 Å². The van der Waals surface area contributed by atoms with E-state index in [-0.39, 0.29) is 69.3 Å². The molecule has 0 spiro atoms. The standard InChI is InChI=1S/C44H53FN8O9/c1-6-51-24-32(39(56)57)37(54)31-22-33(45)36(23-35(31)51)52-18-20-53(21-19-52)43(61)62-25-28-13-15-29(16-14-28)49-38(55)34(12-9-17-47-42(46)60)50-41(59)44(4,5)40(58)48-27(3)30-11-8-7-10-26(30)2/h7-8,10-11,13-16,22-24,27,34H,6,9,12,17-21,25H2,1-5H3,(H,48,58)(H,49,55)(H,50,59)(H,56,57)(H3,46,47,60). The molecule has 0 saturated carbocycles. The predicted octanol–water partition coefficient (Wildman–Crippen LogP) is 4.40. The molecule has 0 bridgehead atoms. The summed E-state index contributed by atoms with van der Waals surface area (Å²) in [5.74, 6) is -3.83. The molecule has 0 aliphatic carbocycles. The van der Waals surface area contributed by atoms with Crippen LogP contribution in [0.5, 0.6) is 0 Å². The summed E-state index contributed by atoms with van der Waals surface area (Å²) in [4.78, 5) is 92.2. The highest BCUT2D eigenvalue weighted by Crippen LogP contribution is 2.27. The van der Waals surface area contributed by atoms with Crippen LogP contribution in [0.2, 0.25) is 0 Å². The number of primary amides is 1. The van der Waals surface area contributed by atoms with Gasteiger partial charge in [0.15, 0.2) is 0 Å². The molecule has 330 valence electrons. The molecule has 1 saturated heterocycles. The number of nitrogens with one attached hydrogen (secondary N) is 4. The number of benzene rings is 3. The summed E-state index contributed by atoms with van der Waals surface area (Å²) >= 11 is 0.